The van der Waals surface area contributed by atoms with Gasteiger partial charge in [-0.05, 0) is 36.7 Å². The molecule has 2 aliphatic carbocycles. The van der Waals surface area contributed by atoms with Gasteiger partial charge in [0.2, 0.25) is 0 Å². The Morgan fingerprint density at radius 1 is 1.12 bits per heavy atom. The first-order valence-electron chi connectivity index (χ1n) is 6.39. The maximum absolute atomic E-state index is 12.2. The summed E-state index contributed by atoms with van der Waals surface area (Å²) in [5.41, 5.74) is 1.18. The van der Waals surface area contributed by atoms with Crippen LogP contribution < -0.4 is 0 Å². The highest BCUT2D eigenvalue weighted by molar-refractivity contribution is 5.84. The summed E-state index contributed by atoms with van der Waals surface area (Å²) in [6, 6.07) is 10.2. The number of benzene rings is 1. The van der Waals surface area contributed by atoms with Gasteiger partial charge in [0, 0.05) is 12.3 Å². The largest absolute Gasteiger partial charge is 0.299 e. The summed E-state index contributed by atoms with van der Waals surface area (Å²) in [6.07, 6.45) is 5.83. The van der Waals surface area contributed by atoms with Crippen molar-refractivity contribution in [1.82, 2.24) is 0 Å². The third-order valence-electron chi connectivity index (χ3n) is 4.37. The summed E-state index contributed by atoms with van der Waals surface area (Å²) in [7, 11) is 0. The number of hydrogen-bond acceptors (Lipinski definition) is 1. The molecule has 3 unspecified atom stereocenters. The molecule has 1 aromatic rings. The Labute approximate surface area is 96.9 Å². The van der Waals surface area contributed by atoms with Crippen LogP contribution in [-0.4, -0.2) is 5.78 Å². The van der Waals surface area contributed by atoms with Crippen molar-refractivity contribution < 1.29 is 4.79 Å². The van der Waals surface area contributed by atoms with Gasteiger partial charge in [0.25, 0.3) is 0 Å². The second-order valence-electron chi connectivity index (χ2n) is 5.41. The molecule has 0 N–H and O–H groups in total. The molecule has 0 spiro atoms. The van der Waals surface area contributed by atoms with Crippen molar-refractivity contribution in [3.8, 4) is 0 Å². The van der Waals surface area contributed by atoms with Crippen molar-refractivity contribution in [2.45, 2.75) is 32.1 Å². The predicted octanol–water partition coefficient (Wildman–Crippen LogP) is 3.23. The Kier molecular flexibility index (Phi) is 2.55. The minimum atomic E-state index is 0.388. The predicted molar refractivity (Wildman–Crippen MR) is 64.1 cm³/mol. The van der Waals surface area contributed by atoms with Gasteiger partial charge in [0.1, 0.15) is 5.78 Å². The van der Waals surface area contributed by atoms with E-state index < -0.39 is 0 Å². The number of Topliss-reactive ketones (excluding diaryl/α,β-unsaturated/α-hetero) is 1. The van der Waals surface area contributed by atoms with Crippen molar-refractivity contribution >= 4 is 5.78 Å². The van der Waals surface area contributed by atoms with Gasteiger partial charge >= 0.3 is 0 Å². The summed E-state index contributed by atoms with van der Waals surface area (Å²) in [6.45, 7) is 0. The fourth-order valence-electron chi connectivity index (χ4n) is 3.57. The van der Waals surface area contributed by atoms with Crippen LogP contribution in [0.1, 0.15) is 31.2 Å². The first-order valence-corrected chi connectivity index (χ1v) is 6.39. The van der Waals surface area contributed by atoms with Crippen molar-refractivity contribution in [1.29, 1.82) is 0 Å². The fraction of sp³-hybridized carbons (Fsp3) is 0.533. The van der Waals surface area contributed by atoms with E-state index in [1.165, 1.54) is 31.2 Å². The van der Waals surface area contributed by atoms with Gasteiger partial charge in [-0.15, -0.1) is 0 Å². The molecule has 2 saturated carbocycles. The highest BCUT2D eigenvalue weighted by atomic mass is 16.1. The number of ketones is 1. The maximum atomic E-state index is 12.2. The average Bonchev–Trinajstić information content (AvgIpc) is 2.92. The topological polar surface area (TPSA) is 17.1 Å². The van der Waals surface area contributed by atoms with E-state index in [-0.39, 0.29) is 0 Å². The molecule has 0 radical (unpaired) electrons. The number of carbonyl (C=O) groups excluding carboxylic acids is 1. The SMILES string of the molecule is O=C(Cc1ccccc1)C1CC2CCC1C2. The number of hydrogen-bond donors (Lipinski definition) is 0. The van der Waals surface area contributed by atoms with Crippen LogP contribution in [0.3, 0.4) is 0 Å². The molecule has 2 fully saturated rings. The van der Waals surface area contributed by atoms with E-state index in [0.29, 0.717) is 18.1 Å². The fourth-order valence-corrected chi connectivity index (χ4v) is 3.57. The number of rotatable bonds is 3. The molecule has 0 heterocycles. The molecule has 2 aliphatic rings. The molecule has 1 heteroatoms. The second kappa shape index (κ2) is 4.04. The molecule has 3 atom stereocenters. The number of fused-ring (bicyclic) bond motifs is 2. The highest BCUT2D eigenvalue weighted by Crippen LogP contribution is 2.48. The van der Waals surface area contributed by atoms with Gasteiger partial charge in [0.15, 0.2) is 0 Å². The standard InChI is InChI=1S/C15H18O/c16-15(10-11-4-2-1-3-5-11)14-9-12-6-7-13(14)8-12/h1-5,12-14H,6-10H2. The van der Waals surface area contributed by atoms with Gasteiger partial charge < -0.3 is 0 Å². The van der Waals surface area contributed by atoms with Crippen LogP contribution in [-0.2, 0) is 11.2 Å². The average molecular weight is 214 g/mol. The summed E-state index contributed by atoms with van der Waals surface area (Å²) < 4.78 is 0. The monoisotopic (exact) mass is 214 g/mol. The van der Waals surface area contributed by atoms with Gasteiger partial charge in [-0.3, -0.25) is 4.79 Å². The molecular weight excluding hydrogens is 196 g/mol. The molecule has 0 aromatic heterocycles. The normalized spacial score (nSPS) is 31.9. The first-order chi connectivity index (χ1) is 7.83. The summed E-state index contributed by atoms with van der Waals surface area (Å²) >= 11 is 0. The molecule has 1 nitrogen and oxygen atoms in total. The van der Waals surface area contributed by atoms with Crippen LogP contribution in [0.2, 0.25) is 0 Å². The maximum Gasteiger partial charge on any atom is 0.140 e. The lowest BCUT2D eigenvalue weighted by molar-refractivity contribution is -0.123. The zero-order chi connectivity index (χ0) is 11.0. The minimum Gasteiger partial charge on any atom is -0.299 e. The van der Waals surface area contributed by atoms with E-state index in [4.69, 9.17) is 0 Å². The molecule has 84 valence electrons. The Bertz CT molecular complexity index is 382. The lowest BCUT2D eigenvalue weighted by atomic mass is 9.84. The summed E-state index contributed by atoms with van der Waals surface area (Å²) in [4.78, 5) is 12.2. The Hall–Kier alpha value is -1.11. The molecular formula is C15H18O. The third-order valence-corrected chi connectivity index (χ3v) is 4.37. The highest BCUT2D eigenvalue weighted by Gasteiger charge is 2.42. The van der Waals surface area contributed by atoms with Crippen LogP contribution in [0.4, 0.5) is 0 Å². The van der Waals surface area contributed by atoms with Crippen LogP contribution >= 0.6 is 0 Å². The Morgan fingerprint density at radius 3 is 2.56 bits per heavy atom. The lowest BCUT2D eigenvalue weighted by Crippen LogP contribution is -2.22. The lowest BCUT2D eigenvalue weighted by Gasteiger charge is -2.20. The van der Waals surface area contributed by atoms with E-state index in [0.717, 1.165) is 11.8 Å². The Morgan fingerprint density at radius 2 is 1.94 bits per heavy atom. The van der Waals surface area contributed by atoms with Gasteiger partial charge in [-0.2, -0.15) is 0 Å². The second-order valence-corrected chi connectivity index (χ2v) is 5.41. The van der Waals surface area contributed by atoms with Gasteiger partial charge in [-0.1, -0.05) is 36.8 Å². The molecule has 0 amide bonds. The van der Waals surface area contributed by atoms with Crippen LogP contribution in [0.25, 0.3) is 0 Å². The van der Waals surface area contributed by atoms with Crippen LogP contribution in [0, 0.1) is 17.8 Å². The van der Waals surface area contributed by atoms with Crippen molar-refractivity contribution in [3.05, 3.63) is 35.9 Å². The van der Waals surface area contributed by atoms with Crippen molar-refractivity contribution in [2.24, 2.45) is 17.8 Å². The third kappa shape index (κ3) is 1.79. The zero-order valence-electron chi connectivity index (χ0n) is 9.56. The molecule has 0 saturated heterocycles. The first kappa shape index (κ1) is 10.1. The quantitative estimate of drug-likeness (QED) is 0.755. The van der Waals surface area contributed by atoms with E-state index in [1.807, 2.05) is 18.2 Å². The van der Waals surface area contributed by atoms with E-state index >= 15 is 0 Å². The van der Waals surface area contributed by atoms with E-state index in [2.05, 4.69) is 12.1 Å². The van der Waals surface area contributed by atoms with Crippen molar-refractivity contribution in [3.63, 3.8) is 0 Å². The minimum absolute atomic E-state index is 0.388. The van der Waals surface area contributed by atoms with Gasteiger partial charge in [0.05, 0.1) is 0 Å². The zero-order valence-corrected chi connectivity index (χ0v) is 9.56. The van der Waals surface area contributed by atoms with E-state index in [1.54, 1.807) is 0 Å². The molecule has 1 aromatic carbocycles. The molecule has 3 rings (SSSR count). The van der Waals surface area contributed by atoms with E-state index in [9.17, 15) is 4.79 Å². The van der Waals surface area contributed by atoms with Crippen LogP contribution in [0.15, 0.2) is 30.3 Å². The molecule has 2 bridgehead atoms. The number of carbonyl (C=O) groups is 1. The summed E-state index contributed by atoms with van der Waals surface area (Å²) in [5.74, 6) is 2.47. The molecule has 16 heavy (non-hydrogen) atoms. The molecule has 0 aliphatic heterocycles. The van der Waals surface area contributed by atoms with Crippen LogP contribution in [0.5, 0.6) is 0 Å². The summed E-state index contributed by atoms with van der Waals surface area (Å²) in [5, 5.41) is 0. The van der Waals surface area contributed by atoms with Gasteiger partial charge in [-0.25, -0.2) is 0 Å². The smallest absolute Gasteiger partial charge is 0.140 e. The van der Waals surface area contributed by atoms with Crippen molar-refractivity contribution in [2.75, 3.05) is 0 Å². The Balaban J connectivity index is 1.66.